The lowest BCUT2D eigenvalue weighted by Gasteiger charge is -2.55. The van der Waals surface area contributed by atoms with E-state index in [1.54, 1.807) is 17.3 Å². The fourth-order valence-electron chi connectivity index (χ4n) is 6.96. The van der Waals surface area contributed by atoms with Gasteiger partial charge in [-0.15, -0.1) is 0 Å². The maximum atomic E-state index is 13.1. The number of carbonyl (C=O) groups is 2. The minimum Gasteiger partial charge on any atom is -0.338 e. The van der Waals surface area contributed by atoms with Crippen molar-refractivity contribution in [1.82, 2.24) is 19.8 Å². The van der Waals surface area contributed by atoms with Crippen LogP contribution in [0.25, 0.3) is 0 Å². The second-order valence-electron chi connectivity index (χ2n) is 9.91. The van der Waals surface area contributed by atoms with Gasteiger partial charge in [0.1, 0.15) is 0 Å². The first-order valence-electron chi connectivity index (χ1n) is 12.0. The summed E-state index contributed by atoms with van der Waals surface area (Å²) in [5.74, 6) is 3.00. The van der Waals surface area contributed by atoms with Gasteiger partial charge in [-0.25, -0.2) is 9.97 Å². The van der Waals surface area contributed by atoms with Crippen LogP contribution in [0.2, 0.25) is 0 Å². The lowest BCUT2D eigenvalue weighted by Crippen LogP contribution is -2.53. The highest BCUT2D eigenvalue weighted by atomic mass is 16.2. The number of fused-ring (bicyclic) bond motifs is 1. The molecule has 1 aromatic rings. The van der Waals surface area contributed by atoms with Gasteiger partial charge >= 0.3 is 0 Å². The van der Waals surface area contributed by atoms with Crippen molar-refractivity contribution < 1.29 is 9.59 Å². The Bertz CT molecular complexity index is 843. The molecular weight excluding hydrogens is 390 g/mol. The molecule has 2 aliphatic heterocycles. The van der Waals surface area contributed by atoms with Crippen LogP contribution in [0.15, 0.2) is 30.6 Å². The van der Waals surface area contributed by atoms with Crippen LogP contribution >= 0.6 is 0 Å². The molecule has 6 atom stereocenters. The minimum absolute atomic E-state index is 0.0225. The Kier molecular flexibility index (Phi) is 4.82. The number of anilines is 1. The summed E-state index contributed by atoms with van der Waals surface area (Å²) in [5.41, 5.74) is 0. The minimum atomic E-state index is -0.0225. The SMILES string of the molecule is O=C1C2C3CC[C@@H](C4C=CC34)C2C(=O)N1CCCCN1CCN(c2ncccn2)CC1. The van der Waals surface area contributed by atoms with Crippen LogP contribution in [0.4, 0.5) is 5.95 Å². The fourth-order valence-corrected chi connectivity index (χ4v) is 6.96. The molecule has 2 saturated heterocycles. The number of amides is 2. The smallest absolute Gasteiger partial charge is 0.233 e. The topological polar surface area (TPSA) is 69.6 Å². The molecule has 6 aliphatic rings. The van der Waals surface area contributed by atoms with Crippen molar-refractivity contribution in [3.8, 4) is 0 Å². The second-order valence-corrected chi connectivity index (χ2v) is 9.91. The van der Waals surface area contributed by atoms with Crippen molar-refractivity contribution in [1.29, 1.82) is 0 Å². The number of hydrogen-bond donors (Lipinski definition) is 0. The zero-order chi connectivity index (χ0) is 20.9. The van der Waals surface area contributed by atoms with E-state index in [0.29, 0.717) is 30.2 Å². The number of rotatable bonds is 6. The van der Waals surface area contributed by atoms with Gasteiger partial charge in [0.05, 0.1) is 11.8 Å². The Morgan fingerprint density at radius 1 is 0.806 bits per heavy atom. The van der Waals surface area contributed by atoms with E-state index in [0.717, 1.165) is 64.4 Å². The van der Waals surface area contributed by atoms with Crippen molar-refractivity contribution in [2.75, 3.05) is 44.2 Å². The zero-order valence-corrected chi connectivity index (χ0v) is 18.0. The quantitative estimate of drug-likeness (QED) is 0.397. The molecule has 31 heavy (non-hydrogen) atoms. The van der Waals surface area contributed by atoms with E-state index in [1.165, 1.54) is 0 Å². The van der Waals surface area contributed by atoms with Crippen LogP contribution in [0, 0.1) is 35.5 Å². The highest BCUT2D eigenvalue weighted by molar-refractivity contribution is 6.05. The third-order valence-electron chi connectivity index (χ3n) is 8.55. The number of unbranched alkanes of at least 4 members (excludes halogenated alkanes) is 1. The van der Waals surface area contributed by atoms with Gasteiger partial charge in [-0.05, 0) is 62.0 Å². The summed E-state index contributed by atoms with van der Waals surface area (Å²) in [6, 6.07) is 1.84. The summed E-state index contributed by atoms with van der Waals surface area (Å²) in [6.45, 7) is 5.51. The van der Waals surface area contributed by atoms with E-state index >= 15 is 0 Å². The summed E-state index contributed by atoms with van der Waals surface area (Å²) < 4.78 is 0. The molecule has 7 heteroatoms. The third-order valence-corrected chi connectivity index (χ3v) is 8.55. The predicted octanol–water partition coefficient (Wildman–Crippen LogP) is 1.82. The van der Waals surface area contributed by atoms with E-state index in [-0.39, 0.29) is 23.7 Å². The molecule has 0 aromatic carbocycles. The van der Waals surface area contributed by atoms with E-state index in [9.17, 15) is 9.59 Å². The van der Waals surface area contributed by atoms with Gasteiger partial charge in [-0.1, -0.05) is 12.2 Å². The number of hydrogen-bond acceptors (Lipinski definition) is 6. The maximum Gasteiger partial charge on any atom is 0.233 e. The first kappa shape index (κ1) is 19.4. The molecule has 0 spiro atoms. The Morgan fingerprint density at radius 2 is 1.39 bits per heavy atom. The lowest BCUT2D eigenvalue weighted by molar-refractivity contribution is -0.140. The van der Waals surface area contributed by atoms with Crippen LogP contribution in [0.3, 0.4) is 0 Å². The molecule has 7 rings (SSSR count). The fraction of sp³-hybridized carbons (Fsp3) is 0.667. The van der Waals surface area contributed by atoms with Gasteiger partial charge in [-0.3, -0.25) is 19.4 Å². The number of allylic oxidation sites excluding steroid dienone is 2. The molecular formula is C24H31N5O2. The van der Waals surface area contributed by atoms with Gasteiger partial charge in [0.15, 0.2) is 0 Å². The molecule has 3 saturated carbocycles. The monoisotopic (exact) mass is 421 g/mol. The maximum absolute atomic E-state index is 13.1. The number of imide groups is 1. The number of carbonyl (C=O) groups excluding carboxylic acids is 2. The average molecular weight is 422 g/mol. The Hall–Kier alpha value is -2.28. The van der Waals surface area contributed by atoms with E-state index in [2.05, 4.69) is 31.9 Å². The van der Waals surface area contributed by atoms with Crippen molar-refractivity contribution >= 4 is 17.8 Å². The molecule has 5 unspecified atom stereocenters. The standard InChI is InChI=1S/C24H31N5O2/c30-22-20-18-6-7-19(17-5-4-16(17)18)21(20)23(31)29(22)11-2-1-10-27-12-14-28(15-13-27)24-25-8-3-9-26-24/h3-5,8-9,16-21H,1-2,6-7,10-15H2/t16?,17?,18-,19?,20?,21?/m0/s1. The van der Waals surface area contributed by atoms with E-state index in [1.807, 2.05) is 6.07 Å². The van der Waals surface area contributed by atoms with Gasteiger partial charge in [0, 0.05) is 45.1 Å². The molecule has 1 aromatic heterocycles. The van der Waals surface area contributed by atoms with Crippen LogP contribution in [0.5, 0.6) is 0 Å². The summed E-state index contributed by atoms with van der Waals surface area (Å²) in [5, 5.41) is 0. The molecule has 4 aliphatic carbocycles. The van der Waals surface area contributed by atoms with Gasteiger partial charge < -0.3 is 4.90 Å². The Morgan fingerprint density at radius 3 is 1.97 bits per heavy atom. The number of likely N-dealkylation sites (tertiary alicyclic amines) is 1. The van der Waals surface area contributed by atoms with Crippen molar-refractivity contribution in [3.63, 3.8) is 0 Å². The Labute approximate surface area is 183 Å². The average Bonchev–Trinajstić information content (AvgIpc) is 3.04. The number of aromatic nitrogens is 2. The van der Waals surface area contributed by atoms with Crippen LogP contribution in [-0.4, -0.2) is 70.9 Å². The summed E-state index contributed by atoms with van der Waals surface area (Å²) in [6.07, 6.45) is 12.3. The summed E-state index contributed by atoms with van der Waals surface area (Å²) in [4.78, 5) is 41.3. The summed E-state index contributed by atoms with van der Waals surface area (Å²) in [7, 11) is 0. The molecule has 3 heterocycles. The van der Waals surface area contributed by atoms with Crippen LogP contribution < -0.4 is 4.90 Å². The highest BCUT2D eigenvalue weighted by Gasteiger charge is 2.63. The molecule has 164 valence electrons. The molecule has 5 fully saturated rings. The first-order valence-corrected chi connectivity index (χ1v) is 12.0. The molecule has 0 radical (unpaired) electrons. The van der Waals surface area contributed by atoms with Crippen molar-refractivity contribution in [2.24, 2.45) is 35.5 Å². The van der Waals surface area contributed by atoms with Gasteiger partial charge in [0.25, 0.3) is 0 Å². The molecule has 2 bridgehead atoms. The Balaban J connectivity index is 0.983. The third kappa shape index (κ3) is 3.12. The largest absolute Gasteiger partial charge is 0.338 e. The predicted molar refractivity (Wildman–Crippen MR) is 116 cm³/mol. The van der Waals surface area contributed by atoms with Gasteiger partial charge in [-0.2, -0.15) is 0 Å². The van der Waals surface area contributed by atoms with Crippen LogP contribution in [0.1, 0.15) is 25.7 Å². The zero-order valence-electron chi connectivity index (χ0n) is 18.0. The molecule has 2 amide bonds. The van der Waals surface area contributed by atoms with Crippen molar-refractivity contribution in [2.45, 2.75) is 25.7 Å². The van der Waals surface area contributed by atoms with Gasteiger partial charge in [0.2, 0.25) is 17.8 Å². The molecule has 0 N–H and O–H groups in total. The second kappa shape index (κ2) is 7.69. The van der Waals surface area contributed by atoms with E-state index < -0.39 is 0 Å². The van der Waals surface area contributed by atoms with Crippen molar-refractivity contribution in [3.05, 3.63) is 30.6 Å². The number of nitrogens with zero attached hydrogens (tertiary/aromatic N) is 5. The summed E-state index contributed by atoms with van der Waals surface area (Å²) >= 11 is 0. The normalized spacial score (nSPS) is 36.5. The molecule has 7 nitrogen and oxygen atoms in total. The van der Waals surface area contributed by atoms with Crippen LogP contribution in [-0.2, 0) is 9.59 Å². The van der Waals surface area contributed by atoms with E-state index in [4.69, 9.17) is 0 Å². The number of piperazine rings is 1. The first-order chi connectivity index (χ1) is 15.2. The highest BCUT2D eigenvalue weighted by Crippen LogP contribution is 2.61. The lowest BCUT2D eigenvalue weighted by atomic mass is 9.47.